The Hall–Kier alpha value is -2.77. The van der Waals surface area contributed by atoms with E-state index in [1.165, 1.54) is 35.5 Å². The summed E-state index contributed by atoms with van der Waals surface area (Å²) in [7, 11) is 0. The molecule has 1 aromatic carbocycles. The lowest BCUT2D eigenvalue weighted by molar-refractivity contribution is -0.386. The number of aromatic nitrogens is 3. The first-order chi connectivity index (χ1) is 9.97. The van der Waals surface area contributed by atoms with Gasteiger partial charge >= 0.3 is 5.69 Å². The number of benzene rings is 1. The fraction of sp³-hybridized carbons (Fsp3) is 0.308. The highest BCUT2D eigenvalue weighted by molar-refractivity contribution is 5.96. The first-order valence-corrected chi connectivity index (χ1v) is 6.28. The van der Waals surface area contributed by atoms with Crippen LogP contribution in [0.25, 0.3) is 0 Å². The van der Waals surface area contributed by atoms with E-state index in [1.54, 1.807) is 13.8 Å². The van der Waals surface area contributed by atoms with Gasteiger partial charge in [-0.2, -0.15) is 5.10 Å². The van der Waals surface area contributed by atoms with E-state index in [-0.39, 0.29) is 35.4 Å². The number of ether oxygens (including phenoxy) is 1. The van der Waals surface area contributed by atoms with E-state index in [2.05, 4.69) is 10.1 Å². The maximum Gasteiger partial charge on any atom is 0.311 e. The minimum Gasteiger partial charge on any atom is -0.484 e. The van der Waals surface area contributed by atoms with E-state index in [0.29, 0.717) is 0 Å². The summed E-state index contributed by atoms with van der Waals surface area (Å²) in [5.41, 5.74) is 0.00134. The van der Waals surface area contributed by atoms with Gasteiger partial charge in [-0.05, 0) is 26.0 Å². The lowest BCUT2D eigenvalue weighted by atomic mass is 10.1. The molecule has 2 rings (SSSR count). The van der Waals surface area contributed by atoms with Crippen molar-refractivity contribution in [1.29, 1.82) is 0 Å². The van der Waals surface area contributed by atoms with E-state index in [4.69, 9.17) is 4.74 Å². The molecule has 0 aliphatic rings. The molecule has 0 atom stereocenters. The van der Waals surface area contributed by atoms with Gasteiger partial charge in [0.05, 0.1) is 11.0 Å². The average molecular weight is 290 g/mol. The fourth-order valence-electron chi connectivity index (χ4n) is 1.74. The lowest BCUT2D eigenvalue weighted by Crippen LogP contribution is -2.12. The van der Waals surface area contributed by atoms with Gasteiger partial charge in [0.15, 0.2) is 11.5 Å². The maximum atomic E-state index is 12.1. The number of hydrogen-bond acceptors (Lipinski definition) is 6. The second-order valence-electron chi connectivity index (χ2n) is 4.62. The van der Waals surface area contributed by atoms with Crippen molar-refractivity contribution in [2.45, 2.75) is 26.5 Å². The molecule has 0 amide bonds. The molecule has 1 heterocycles. The van der Waals surface area contributed by atoms with Crippen LogP contribution in [-0.2, 0) is 6.54 Å². The van der Waals surface area contributed by atoms with Crippen LogP contribution in [-0.4, -0.2) is 31.6 Å². The van der Waals surface area contributed by atoms with Crippen molar-refractivity contribution in [2.75, 3.05) is 0 Å². The second-order valence-corrected chi connectivity index (χ2v) is 4.62. The zero-order chi connectivity index (χ0) is 15.4. The Morgan fingerprint density at radius 3 is 2.81 bits per heavy atom. The fourth-order valence-corrected chi connectivity index (χ4v) is 1.74. The van der Waals surface area contributed by atoms with Gasteiger partial charge in [-0.3, -0.25) is 14.9 Å². The summed E-state index contributed by atoms with van der Waals surface area (Å²) in [6.45, 7) is 3.52. The summed E-state index contributed by atoms with van der Waals surface area (Å²) in [6, 6.07) is 4.16. The Labute approximate surface area is 120 Å². The van der Waals surface area contributed by atoms with Crippen molar-refractivity contribution in [3.63, 3.8) is 0 Å². The second kappa shape index (κ2) is 6.12. The molecule has 0 saturated heterocycles. The monoisotopic (exact) mass is 290 g/mol. The summed E-state index contributed by atoms with van der Waals surface area (Å²) in [5.74, 6) is -0.146. The minimum atomic E-state index is -0.566. The van der Waals surface area contributed by atoms with Crippen molar-refractivity contribution >= 4 is 11.5 Å². The quantitative estimate of drug-likeness (QED) is 0.457. The Morgan fingerprint density at radius 1 is 1.48 bits per heavy atom. The van der Waals surface area contributed by atoms with Crippen LogP contribution >= 0.6 is 0 Å². The van der Waals surface area contributed by atoms with E-state index in [0.717, 1.165) is 0 Å². The van der Waals surface area contributed by atoms with Gasteiger partial charge in [0, 0.05) is 11.6 Å². The number of hydrogen-bond donors (Lipinski definition) is 0. The normalized spacial score (nSPS) is 10.6. The maximum absolute atomic E-state index is 12.1. The van der Waals surface area contributed by atoms with Gasteiger partial charge in [-0.15, -0.1) is 0 Å². The minimum absolute atomic E-state index is 0.0263. The standard InChI is InChI=1S/C13H14N4O4/c1-9(2)21-13-4-3-10(5-11(13)17(19)20)12(18)6-16-8-14-7-15-16/h3-5,7-9H,6H2,1-2H3. The number of carbonyl (C=O) groups is 1. The number of carbonyl (C=O) groups excluding carboxylic acids is 1. The molecule has 110 valence electrons. The Kier molecular flexibility index (Phi) is 4.27. The molecular weight excluding hydrogens is 276 g/mol. The van der Waals surface area contributed by atoms with E-state index < -0.39 is 4.92 Å². The van der Waals surface area contributed by atoms with Crippen LogP contribution < -0.4 is 4.74 Å². The number of Topliss-reactive ketones (excluding diaryl/α,β-unsaturated/α-hetero) is 1. The number of rotatable bonds is 6. The van der Waals surface area contributed by atoms with Gasteiger partial charge < -0.3 is 4.74 Å². The van der Waals surface area contributed by atoms with Crippen molar-refractivity contribution in [1.82, 2.24) is 14.8 Å². The smallest absolute Gasteiger partial charge is 0.311 e. The molecule has 0 bridgehead atoms. The van der Waals surface area contributed by atoms with Gasteiger partial charge in [-0.1, -0.05) is 0 Å². The van der Waals surface area contributed by atoms with Crippen molar-refractivity contribution in [2.24, 2.45) is 0 Å². The third kappa shape index (κ3) is 3.62. The first kappa shape index (κ1) is 14.6. The van der Waals surface area contributed by atoms with Crippen LogP contribution in [0.2, 0.25) is 0 Å². The third-order valence-electron chi connectivity index (χ3n) is 2.61. The molecule has 0 radical (unpaired) electrons. The number of nitro benzene ring substituents is 1. The Bertz CT molecular complexity index is 652. The van der Waals surface area contributed by atoms with Crippen LogP contribution in [0.1, 0.15) is 24.2 Å². The third-order valence-corrected chi connectivity index (χ3v) is 2.61. The van der Waals surface area contributed by atoms with Crippen LogP contribution in [0.3, 0.4) is 0 Å². The van der Waals surface area contributed by atoms with E-state index in [9.17, 15) is 14.9 Å². The zero-order valence-corrected chi connectivity index (χ0v) is 11.6. The van der Waals surface area contributed by atoms with Gasteiger partial charge in [0.1, 0.15) is 19.2 Å². The predicted octanol–water partition coefficient (Wildman–Crippen LogP) is 1.86. The molecule has 0 aliphatic heterocycles. The predicted molar refractivity (Wildman–Crippen MR) is 73.2 cm³/mol. The van der Waals surface area contributed by atoms with Crippen LogP contribution in [0.15, 0.2) is 30.9 Å². The molecular formula is C13H14N4O4. The Balaban J connectivity index is 2.26. The molecule has 0 unspecified atom stereocenters. The number of nitro groups is 1. The average Bonchev–Trinajstić information content (AvgIpc) is 2.91. The SMILES string of the molecule is CC(C)Oc1ccc(C(=O)Cn2cncn2)cc1[N+](=O)[O-]. The molecule has 0 N–H and O–H groups in total. The molecule has 0 fully saturated rings. The molecule has 1 aromatic heterocycles. The molecule has 0 saturated carbocycles. The highest BCUT2D eigenvalue weighted by Crippen LogP contribution is 2.29. The number of nitrogens with zero attached hydrogens (tertiary/aromatic N) is 4. The molecule has 21 heavy (non-hydrogen) atoms. The van der Waals surface area contributed by atoms with Crippen molar-refractivity contribution < 1.29 is 14.5 Å². The Morgan fingerprint density at radius 2 is 2.24 bits per heavy atom. The molecule has 2 aromatic rings. The molecule has 8 nitrogen and oxygen atoms in total. The largest absolute Gasteiger partial charge is 0.484 e. The lowest BCUT2D eigenvalue weighted by Gasteiger charge is -2.10. The molecule has 0 aliphatic carbocycles. The summed E-state index contributed by atoms with van der Waals surface area (Å²) in [6.07, 6.45) is 2.53. The summed E-state index contributed by atoms with van der Waals surface area (Å²) < 4.78 is 6.72. The summed E-state index contributed by atoms with van der Waals surface area (Å²) in [4.78, 5) is 26.3. The molecule has 8 heteroatoms. The van der Waals surface area contributed by atoms with Gasteiger partial charge in [0.25, 0.3) is 0 Å². The van der Waals surface area contributed by atoms with E-state index in [1.807, 2.05) is 0 Å². The molecule has 0 spiro atoms. The van der Waals surface area contributed by atoms with Crippen LogP contribution in [0.5, 0.6) is 5.75 Å². The topological polar surface area (TPSA) is 100 Å². The van der Waals surface area contributed by atoms with Crippen molar-refractivity contribution in [3.8, 4) is 5.75 Å². The summed E-state index contributed by atoms with van der Waals surface area (Å²) in [5, 5.41) is 14.9. The van der Waals surface area contributed by atoms with Crippen molar-refractivity contribution in [3.05, 3.63) is 46.5 Å². The van der Waals surface area contributed by atoms with Gasteiger partial charge in [-0.25, -0.2) is 9.67 Å². The highest BCUT2D eigenvalue weighted by atomic mass is 16.6. The van der Waals surface area contributed by atoms with Crippen LogP contribution in [0.4, 0.5) is 5.69 Å². The highest BCUT2D eigenvalue weighted by Gasteiger charge is 2.19. The van der Waals surface area contributed by atoms with E-state index >= 15 is 0 Å². The first-order valence-electron chi connectivity index (χ1n) is 6.28. The van der Waals surface area contributed by atoms with Gasteiger partial charge in [0.2, 0.25) is 0 Å². The zero-order valence-electron chi connectivity index (χ0n) is 11.6. The number of ketones is 1. The summed E-state index contributed by atoms with van der Waals surface area (Å²) >= 11 is 0. The van der Waals surface area contributed by atoms with Crippen LogP contribution in [0, 0.1) is 10.1 Å².